The summed E-state index contributed by atoms with van der Waals surface area (Å²) in [6.07, 6.45) is 0. The Kier molecular flexibility index (Phi) is 4.68. The van der Waals surface area contributed by atoms with Crippen molar-refractivity contribution in [2.45, 2.75) is 10.9 Å². The molecule has 0 aliphatic carbocycles. The van der Waals surface area contributed by atoms with E-state index in [2.05, 4.69) is 37.2 Å². The van der Waals surface area contributed by atoms with Gasteiger partial charge < -0.3 is 11.1 Å². The lowest BCUT2D eigenvalue weighted by molar-refractivity contribution is -0.122. The summed E-state index contributed by atoms with van der Waals surface area (Å²) in [5, 5.41) is 2.96. The number of hydrogen-bond acceptors (Lipinski definition) is 5. The number of nitrogens with zero attached hydrogens (tertiary/aromatic N) is 1. The highest BCUT2D eigenvalue weighted by molar-refractivity contribution is 9.12. The Labute approximate surface area is 131 Å². The van der Waals surface area contributed by atoms with Crippen molar-refractivity contribution in [1.29, 1.82) is 0 Å². The SMILES string of the molecule is NC(=O)C1CNCCN1S(=O)(=O)c1cc(Br)sc1Br. The number of nitrogens with one attached hydrogen (secondary N) is 1. The van der Waals surface area contributed by atoms with Crippen LogP contribution in [0.3, 0.4) is 0 Å². The number of primary amides is 1. The number of amides is 1. The first kappa shape index (κ1) is 15.4. The fraction of sp³-hybridized carbons (Fsp3) is 0.444. The van der Waals surface area contributed by atoms with E-state index in [4.69, 9.17) is 5.73 Å². The largest absolute Gasteiger partial charge is 0.368 e. The molecule has 0 spiro atoms. The summed E-state index contributed by atoms with van der Waals surface area (Å²) in [5.41, 5.74) is 5.27. The van der Waals surface area contributed by atoms with E-state index in [1.807, 2.05) is 0 Å². The zero-order valence-corrected chi connectivity index (χ0v) is 14.4. The molecule has 1 aliphatic heterocycles. The van der Waals surface area contributed by atoms with Gasteiger partial charge in [-0.05, 0) is 37.9 Å². The van der Waals surface area contributed by atoms with Crippen LogP contribution in [0.5, 0.6) is 0 Å². The number of carbonyl (C=O) groups is 1. The van der Waals surface area contributed by atoms with Crippen molar-refractivity contribution >= 4 is 59.1 Å². The molecule has 3 N–H and O–H groups in total. The topological polar surface area (TPSA) is 92.5 Å². The second kappa shape index (κ2) is 5.78. The van der Waals surface area contributed by atoms with Crippen molar-refractivity contribution in [1.82, 2.24) is 9.62 Å². The van der Waals surface area contributed by atoms with Crippen LogP contribution in [0.25, 0.3) is 0 Å². The van der Waals surface area contributed by atoms with Crippen molar-refractivity contribution in [3.63, 3.8) is 0 Å². The van der Waals surface area contributed by atoms with Gasteiger partial charge in [0, 0.05) is 19.6 Å². The smallest absolute Gasteiger partial charge is 0.245 e. The number of carbonyl (C=O) groups excluding carboxylic acids is 1. The van der Waals surface area contributed by atoms with Crippen LogP contribution in [0.2, 0.25) is 0 Å². The molecule has 1 saturated heterocycles. The van der Waals surface area contributed by atoms with Gasteiger partial charge in [-0.2, -0.15) is 4.31 Å². The second-order valence-electron chi connectivity index (χ2n) is 3.93. The third-order valence-electron chi connectivity index (χ3n) is 2.73. The highest BCUT2D eigenvalue weighted by Gasteiger charge is 2.38. The maximum Gasteiger partial charge on any atom is 0.245 e. The third-order valence-corrected chi connectivity index (χ3v) is 7.40. The van der Waals surface area contributed by atoms with Gasteiger partial charge in [0.1, 0.15) is 10.9 Å². The van der Waals surface area contributed by atoms with E-state index in [0.29, 0.717) is 14.1 Å². The molecule has 0 bridgehead atoms. The molecule has 2 heterocycles. The van der Waals surface area contributed by atoms with E-state index in [1.54, 1.807) is 0 Å². The lowest BCUT2D eigenvalue weighted by Crippen LogP contribution is -2.58. The van der Waals surface area contributed by atoms with Gasteiger partial charge in [0.15, 0.2) is 0 Å². The highest BCUT2D eigenvalue weighted by Crippen LogP contribution is 2.36. The molecule has 0 radical (unpaired) electrons. The maximum absolute atomic E-state index is 12.6. The number of piperazine rings is 1. The molecule has 10 heteroatoms. The molecule has 0 saturated carbocycles. The first-order chi connectivity index (χ1) is 8.84. The minimum atomic E-state index is -3.74. The summed E-state index contributed by atoms with van der Waals surface area (Å²) in [5.74, 6) is -0.652. The Morgan fingerprint density at radius 2 is 2.21 bits per heavy atom. The Morgan fingerprint density at radius 1 is 1.53 bits per heavy atom. The standard InChI is InChI=1S/C9H11Br2N3O3S2/c10-7-3-6(8(11)18-7)19(16,17)14-2-1-13-4-5(14)9(12)15/h3,5,13H,1-2,4H2,(H2,12,15). The Morgan fingerprint density at radius 3 is 2.74 bits per heavy atom. The minimum absolute atomic E-state index is 0.150. The van der Waals surface area contributed by atoms with E-state index in [1.165, 1.54) is 17.4 Å². The zero-order valence-electron chi connectivity index (χ0n) is 9.60. The molecule has 1 aromatic rings. The van der Waals surface area contributed by atoms with Crippen LogP contribution < -0.4 is 11.1 Å². The van der Waals surface area contributed by atoms with Gasteiger partial charge in [-0.25, -0.2) is 8.42 Å². The van der Waals surface area contributed by atoms with Crippen molar-refractivity contribution in [2.24, 2.45) is 5.73 Å². The number of rotatable bonds is 3. The van der Waals surface area contributed by atoms with Gasteiger partial charge in [0.25, 0.3) is 0 Å². The third kappa shape index (κ3) is 3.03. The number of hydrogen-bond donors (Lipinski definition) is 2. The Hall–Kier alpha value is -0.000000000000000333. The molecule has 1 fully saturated rings. The van der Waals surface area contributed by atoms with E-state index in [-0.39, 0.29) is 18.0 Å². The number of nitrogens with two attached hydrogens (primary N) is 1. The molecule has 1 aliphatic rings. The number of halogens is 2. The maximum atomic E-state index is 12.6. The molecule has 2 rings (SSSR count). The average molecular weight is 433 g/mol. The monoisotopic (exact) mass is 431 g/mol. The van der Waals surface area contributed by atoms with Crippen molar-refractivity contribution in [3.05, 3.63) is 13.6 Å². The molecule has 1 atom stereocenters. The van der Waals surface area contributed by atoms with Crippen molar-refractivity contribution in [3.8, 4) is 0 Å². The summed E-state index contributed by atoms with van der Waals surface area (Å²) in [7, 11) is -3.74. The normalized spacial score (nSPS) is 21.5. The predicted molar refractivity (Wildman–Crippen MR) is 79.5 cm³/mol. The predicted octanol–water partition coefficient (Wildman–Crippen LogP) is 0.721. The van der Waals surface area contributed by atoms with Crippen LogP contribution in [0.1, 0.15) is 0 Å². The van der Waals surface area contributed by atoms with Gasteiger partial charge in [0.2, 0.25) is 15.9 Å². The quantitative estimate of drug-likeness (QED) is 0.735. The number of thiophene rings is 1. The van der Waals surface area contributed by atoms with Crippen LogP contribution in [0.15, 0.2) is 18.5 Å². The van der Waals surface area contributed by atoms with Crippen molar-refractivity contribution in [2.75, 3.05) is 19.6 Å². The van der Waals surface area contributed by atoms with Gasteiger partial charge in [-0.3, -0.25) is 4.79 Å². The molecule has 6 nitrogen and oxygen atoms in total. The Balaban J connectivity index is 2.43. The summed E-state index contributed by atoms with van der Waals surface area (Å²) in [4.78, 5) is 11.5. The van der Waals surface area contributed by atoms with Crippen molar-refractivity contribution < 1.29 is 13.2 Å². The lowest BCUT2D eigenvalue weighted by atomic mass is 10.2. The average Bonchev–Trinajstić information content (AvgIpc) is 2.69. The van der Waals surface area contributed by atoms with Crippen LogP contribution in [-0.2, 0) is 14.8 Å². The molecule has 1 amide bonds. The van der Waals surface area contributed by atoms with Crippen LogP contribution in [-0.4, -0.2) is 44.3 Å². The fourth-order valence-corrected chi connectivity index (χ4v) is 7.20. The Bertz CT molecular complexity index is 602. The van der Waals surface area contributed by atoms with Crippen LogP contribution in [0.4, 0.5) is 0 Å². The molecular formula is C9H11Br2N3O3S2. The summed E-state index contributed by atoms with van der Waals surface area (Å²) < 4.78 is 27.5. The first-order valence-corrected chi connectivity index (χ1v) is 9.15. The zero-order chi connectivity index (χ0) is 14.2. The lowest BCUT2D eigenvalue weighted by Gasteiger charge is -2.32. The molecule has 1 unspecified atom stereocenters. The van der Waals surface area contributed by atoms with Gasteiger partial charge >= 0.3 is 0 Å². The van der Waals surface area contributed by atoms with E-state index in [9.17, 15) is 13.2 Å². The van der Waals surface area contributed by atoms with Crippen LogP contribution in [0, 0.1) is 0 Å². The second-order valence-corrected chi connectivity index (χ2v) is 9.53. The van der Waals surface area contributed by atoms with E-state index >= 15 is 0 Å². The molecule has 19 heavy (non-hydrogen) atoms. The minimum Gasteiger partial charge on any atom is -0.368 e. The summed E-state index contributed by atoms with van der Waals surface area (Å²) in [6, 6.07) is 0.661. The molecule has 1 aromatic heterocycles. The summed E-state index contributed by atoms with van der Waals surface area (Å²) >= 11 is 7.74. The summed E-state index contributed by atoms with van der Waals surface area (Å²) in [6.45, 7) is 0.944. The van der Waals surface area contributed by atoms with Gasteiger partial charge in [-0.1, -0.05) is 0 Å². The fourth-order valence-electron chi connectivity index (χ4n) is 1.84. The molecule has 106 valence electrons. The van der Waals surface area contributed by atoms with Crippen LogP contribution >= 0.6 is 43.2 Å². The molecular weight excluding hydrogens is 422 g/mol. The van der Waals surface area contributed by atoms with E-state index in [0.717, 1.165) is 4.31 Å². The number of sulfonamides is 1. The molecule has 0 aromatic carbocycles. The first-order valence-electron chi connectivity index (χ1n) is 5.30. The van der Waals surface area contributed by atoms with E-state index < -0.39 is 22.0 Å². The van der Waals surface area contributed by atoms with Gasteiger partial charge in [0.05, 0.1) is 7.57 Å². The van der Waals surface area contributed by atoms with Gasteiger partial charge in [-0.15, -0.1) is 11.3 Å². The highest BCUT2D eigenvalue weighted by atomic mass is 79.9.